The molecule has 2 heterocycles. The molecular formula is C21H23N3O2. The summed E-state index contributed by atoms with van der Waals surface area (Å²) < 4.78 is 5.29. The summed E-state index contributed by atoms with van der Waals surface area (Å²) in [7, 11) is 0. The Bertz CT molecular complexity index is 863. The molecule has 0 saturated carbocycles. The van der Waals surface area contributed by atoms with Crippen LogP contribution in [-0.4, -0.2) is 10.9 Å². The number of nitrogens with zero attached hydrogens (tertiary/aromatic N) is 1. The molecule has 2 aromatic heterocycles. The Morgan fingerprint density at radius 3 is 2.50 bits per heavy atom. The average molecular weight is 349 g/mol. The van der Waals surface area contributed by atoms with Crippen molar-refractivity contribution in [2.45, 2.75) is 32.7 Å². The maximum absolute atomic E-state index is 12.5. The molecule has 0 atom stereocenters. The van der Waals surface area contributed by atoms with Crippen molar-refractivity contribution in [2.24, 2.45) is 0 Å². The number of hydrogen-bond acceptors (Lipinski definition) is 4. The fourth-order valence-corrected chi connectivity index (χ4v) is 2.52. The lowest BCUT2D eigenvalue weighted by Crippen LogP contribution is -2.15. The molecule has 26 heavy (non-hydrogen) atoms. The van der Waals surface area contributed by atoms with Crippen molar-refractivity contribution in [1.29, 1.82) is 0 Å². The summed E-state index contributed by atoms with van der Waals surface area (Å²) >= 11 is 0. The van der Waals surface area contributed by atoms with Crippen LogP contribution in [-0.2, 0) is 12.0 Å². The highest BCUT2D eigenvalue weighted by Crippen LogP contribution is 2.23. The molecule has 1 aromatic carbocycles. The van der Waals surface area contributed by atoms with Crippen molar-refractivity contribution in [3.05, 3.63) is 78.0 Å². The molecule has 0 radical (unpaired) electrons. The van der Waals surface area contributed by atoms with Crippen molar-refractivity contribution in [3.63, 3.8) is 0 Å². The molecule has 0 aliphatic carbocycles. The Kier molecular flexibility index (Phi) is 5.07. The maximum atomic E-state index is 12.5. The van der Waals surface area contributed by atoms with E-state index in [0.29, 0.717) is 12.2 Å². The summed E-state index contributed by atoms with van der Waals surface area (Å²) in [5.74, 6) is 0.585. The van der Waals surface area contributed by atoms with E-state index in [1.54, 1.807) is 18.5 Å². The zero-order valence-corrected chi connectivity index (χ0v) is 15.2. The van der Waals surface area contributed by atoms with E-state index in [1.807, 2.05) is 42.5 Å². The van der Waals surface area contributed by atoms with Crippen LogP contribution in [0.3, 0.4) is 0 Å². The first-order chi connectivity index (χ1) is 12.4. The second-order valence-electron chi connectivity index (χ2n) is 7.14. The van der Waals surface area contributed by atoms with Crippen LogP contribution in [0.1, 0.15) is 42.6 Å². The highest BCUT2D eigenvalue weighted by Gasteiger charge is 2.14. The number of benzene rings is 1. The van der Waals surface area contributed by atoms with Gasteiger partial charge in [0.2, 0.25) is 0 Å². The molecule has 0 spiro atoms. The minimum Gasteiger partial charge on any atom is -0.467 e. The second-order valence-corrected chi connectivity index (χ2v) is 7.14. The van der Waals surface area contributed by atoms with Crippen LogP contribution >= 0.6 is 0 Å². The number of furan rings is 1. The van der Waals surface area contributed by atoms with Gasteiger partial charge in [-0.3, -0.25) is 9.78 Å². The molecule has 5 nitrogen and oxygen atoms in total. The smallest absolute Gasteiger partial charge is 0.274 e. The highest BCUT2D eigenvalue weighted by atomic mass is 16.3. The quantitative estimate of drug-likeness (QED) is 0.692. The molecule has 3 rings (SSSR count). The molecule has 5 heteroatoms. The Morgan fingerprint density at radius 1 is 1.08 bits per heavy atom. The molecule has 0 saturated heterocycles. The third-order valence-electron chi connectivity index (χ3n) is 4.05. The van der Waals surface area contributed by atoms with Gasteiger partial charge in [0.25, 0.3) is 5.91 Å². The number of nitrogens with one attached hydrogen (secondary N) is 2. The minimum atomic E-state index is -0.241. The third kappa shape index (κ3) is 4.51. The van der Waals surface area contributed by atoms with Gasteiger partial charge in [-0.1, -0.05) is 32.9 Å². The topological polar surface area (TPSA) is 67.2 Å². The van der Waals surface area contributed by atoms with Crippen LogP contribution in [0.25, 0.3) is 0 Å². The van der Waals surface area contributed by atoms with E-state index in [2.05, 4.69) is 36.4 Å². The molecular weight excluding hydrogens is 326 g/mol. The van der Waals surface area contributed by atoms with Gasteiger partial charge in [-0.25, -0.2) is 0 Å². The SMILES string of the molecule is CC(C)(C)c1ccc(NC(=O)c2cc(NCc3ccco3)ccn2)cc1. The molecule has 0 bridgehead atoms. The number of aromatic nitrogens is 1. The predicted octanol–water partition coefficient (Wildman–Crippen LogP) is 4.84. The molecule has 134 valence electrons. The van der Waals surface area contributed by atoms with Crippen molar-refractivity contribution in [2.75, 3.05) is 10.6 Å². The lowest BCUT2D eigenvalue weighted by Gasteiger charge is -2.19. The van der Waals surface area contributed by atoms with Crippen molar-refractivity contribution in [3.8, 4) is 0 Å². The fraction of sp³-hybridized carbons (Fsp3) is 0.238. The Morgan fingerprint density at radius 2 is 1.85 bits per heavy atom. The van der Waals surface area contributed by atoms with Gasteiger partial charge in [0.1, 0.15) is 11.5 Å². The monoisotopic (exact) mass is 349 g/mol. The standard InChI is InChI=1S/C21H23N3O2/c1-21(2,3)15-6-8-16(9-7-15)24-20(25)19-13-17(10-11-22-19)23-14-18-5-4-12-26-18/h4-13H,14H2,1-3H3,(H,22,23)(H,24,25). The van der Waals surface area contributed by atoms with E-state index in [-0.39, 0.29) is 11.3 Å². The van der Waals surface area contributed by atoms with Crippen LogP contribution in [0.15, 0.2) is 65.4 Å². The highest BCUT2D eigenvalue weighted by molar-refractivity contribution is 6.03. The van der Waals surface area contributed by atoms with Gasteiger partial charge in [-0.05, 0) is 47.4 Å². The van der Waals surface area contributed by atoms with Crippen LogP contribution in [0.4, 0.5) is 11.4 Å². The molecule has 2 N–H and O–H groups in total. The number of hydrogen-bond donors (Lipinski definition) is 2. The lowest BCUT2D eigenvalue weighted by atomic mass is 9.87. The number of carbonyl (C=O) groups excluding carboxylic acids is 1. The molecule has 0 aliphatic rings. The Hall–Kier alpha value is -3.08. The van der Waals surface area contributed by atoms with Crippen LogP contribution in [0.5, 0.6) is 0 Å². The lowest BCUT2D eigenvalue weighted by molar-refractivity contribution is 0.102. The summed E-state index contributed by atoms with van der Waals surface area (Å²) in [5.41, 5.74) is 3.22. The largest absolute Gasteiger partial charge is 0.467 e. The van der Waals surface area contributed by atoms with E-state index in [1.165, 1.54) is 5.56 Å². The van der Waals surface area contributed by atoms with Crippen molar-refractivity contribution in [1.82, 2.24) is 4.98 Å². The van der Waals surface area contributed by atoms with Crippen molar-refractivity contribution < 1.29 is 9.21 Å². The van der Waals surface area contributed by atoms with E-state index in [4.69, 9.17) is 4.42 Å². The molecule has 0 aliphatic heterocycles. The zero-order chi connectivity index (χ0) is 18.6. The first-order valence-corrected chi connectivity index (χ1v) is 8.56. The minimum absolute atomic E-state index is 0.0814. The van der Waals surface area contributed by atoms with E-state index >= 15 is 0 Å². The predicted molar refractivity (Wildman–Crippen MR) is 103 cm³/mol. The molecule has 3 aromatic rings. The summed E-state index contributed by atoms with van der Waals surface area (Å²) in [6.07, 6.45) is 3.25. The van der Waals surface area contributed by atoms with E-state index in [9.17, 15) is 4.79 Å². The normalized spacial score (nSPS) is 11.2. The number of amides is 1. The Labute approximate surface area is 153 Å². The van der Waals surface area contributed by atoms with Crippen LogP contribution < -0.4 is 10.6 Å². The summed E-state index contributed by atoms with van der Waals surface area (Å²) in [4.78, 5) is 16.6. The molecule has 1 amide bonds. The van der Waals surface area contributed by atoms with Crippen molar-refractivity contribution >= 4 is 17.3 Å². The maximum Gasteiger partial charge on any atom is 0.274 e. The van der Waals surface area contributed by atoms with Gasteiger partial charge in [0.05, 0.1) is 12.8 Å². The zero-order valence-electron chi connectivity index (χ0n) is 15.2. The second kappa shape index (κ2) is 7.44. The van der Waals surface area contributed by atoms with Gasteiger partial charge in [0, 0.05) is 17.6 Å². The van der Waals surface area contributed by atoms with E-state index < -0.39 is 0 Å². The summed E-state index contributed by atoms with van der Waals surface area (Å²) in [6.45, 7) is 7.02. The van der Waals surface area contributed by atoms with Crippen LogP contribution in [0, 0.1) is 0 Å². The summed E-state index contributed by atoms with van der Waals surface area (Å²) in [5, 5.41) is 6.10. The first kappa shape index (κ1) is 17.7. The summed E-state index contributed by atoms with van der Waals surface area (Å²) in [6, 6.07) is 15.2. The fourth-order valence-electron chi connectivity index (χ4n) is 2.52. The van der Waals surface area contributed by atoms with Gasteiger partial charge in [-0.2, -0.15) is 0 Å². The average Bonchev–Trinajstić information content (AvgIpc) is 3.13. The molecule has 0 fully saturated rings. The Balaban J connectivity index is 1.65. The first-order valence-electron chi connectivity index (χ1n) is 8.56. The number of rotatable bonds is 5. The van der Waals surface area contributed by atoms with Gasteiger partial charge < -0.3 is 15.1 Å². The van der Waals surface area contributed by atoms with E-state index in [0.717, 1.165) is 17.1 Å². The number of anilines is 2. The number of carbonyl (C=O) groups is 1. The molecule has 0 unspecified atom stereocenters. The number of pyridine rings is 1. The van der Waals surface area contributed by atoms with Gasteiger partial charge >= 0.3 is 0 Å². The van der Waals surface area contributed by atoms with Crippen LogP contribution in [0.2, 0.25) is 0 Å². The third-order valence-corrected chi connectivity index (χ3v) is 4.05. The van der Waals surface area contributed by atoms with Gasteiger partial charge in [0.15, 0.2) is 0 Å². The van der Waals surface area contributed by atoms with Gasteiger partial charge in [-0.15, -0.1) is 0 Å².